The number of hydrogen-bond donors (Lipinski definition) is 1. The Labute approximate surface area is 230 Å². The molecule has 39 heavy (non-hydrogen) atoms. The molecule has 202 valence electrons. The van der Waals surface area contributed by atoms with Crippen molar-refractivity contribution >= 4 is 11.5 Å². The van der Waals surface area contributed by atoms with Gasteiger partial charge in [0.1, 0.15) is 17.5 Å². The molecule has 2 fully saturated rings. The number of hydrogen-bond acceptors (Lipinski definition) is 4. The molecule has 4 nitrogen and oxygen atoms in total. The summed E-state index contributed by atoms with van der Waals surface area (Å²) in [5, 5.41) is 12.1. The lowest BCUT2D eigenvalue weighted by molar-refractivity contribution is -0.114. The lowest BCUT2D eigenvalue weighted by atomic mass is 9.61. The summed E-state index contributed by atoms with van der Waals surface area (Å²) in [6.07, 6.45) is 6.12. The van der Waals surface area contributed by atoms with E-state index in [9.17, 15) is 14.3 Å². The SMILES string of the molecule is CN(C)c1ccc(C2OCC3(C)C(CCC3(O)C#Cc3cccc(F)c3)C3CCC4=CC(=O)CCC4=C23)cc1. The minimum absolute atomic E-state index is 0.192. The number of rotatable bonds is 2. The second-order valence-electron chi connectivity index (χ2n) is 12.1. The lowest BCUT2D eigenvalue weighted by Crippen LogP contribution is -2.48. The topological polar surface area (TPSA) is 49.8 Å². The molecule has 1 heterocycles. The summed E-state index contributed by atoms with van der Waals surface area (Å²) in [6, 6.07) is 14.8. The van der Waals surface area contributed by atoms with Crippen LogP contribution in [0.3, 0.4) is 0 Å². The molecule has 1 N–H and O–H groups in total. The molecule has 5 atom stereocenters. The molecule has 3 aliphatic carbocycles. The Balaban J connectivity index is 1.44. The molecule has 5 heteroatoms. The molecular weight excluding hydrogens is 489 g/mol. The lowest BCUT2D eigenvalue weighted by Gasteiger charge is -2.42. The molecule has 5 unspecified atom stereocenters. The molecule has 0 aromatic heterocycles. The van der Waals surface area contributed by atoms with Gasteiger partial charge >= 0.3 is 0 Å². The standard InChI is InChI=1S/C34H36FNO3/c1-33-21-39-32(23-7-10-26(11-8-23)36(2)3)31-28-14-12-27(37)20-24(28)9-13-29(31)30(33)16-18-34(33,38)17-15-22-5-4-6-25(35)19-22/h4-8,10-11,19-20,29-30,32,38H,9,12-14,16,18,21H2,1-3H3. The number of ether oxygens (including phenoxy) is 1. The molecule has 1 saturated carbocycles. The molecule has 0 spiro atoms. The summed E-state index contributed by atoms with van der Waals surface area (Å²) in [7, 11) is 4.06. The van der Waals surface area contributed by atoms with E-state index in [2.05, 4.69) is 47.9 Å². The summed E-state index contributed by atoms with van der Waals surface area (Å²) < 4.78 is 20.6. The molecule has 0 bridgehead atoms. The molecule has 2 aromatic rings. The highest BCUT2D eigenvalue weighted by atomic mass is 19.1. The summed E-state index contributed by atoms with van der Waals surface area (Å²) in [4.78, 5) is 14.4. The predicted molar refractivity (Wildman–Crippen MR) is 151 cm³/mol. The van der Waals surface area contributed by atoms with Crippen molar-refractivity contribution in [2.75, 3.05) is 25.6 Å². The van der Waals surface area contributed by atoms with Gasteiger partial charge < -0.3 is 14.7 Å². The first-order valence-electron chi connectivity index (χ1n) is 14.1. The van der Waals surface area contributed by atoms with Crippen LogP contribution >= 0.6 is 0 Å². The van der Waals surface area contributed by atoms with Gasteiger partial charge in [-0.3, -0.25) is 4.79 Å². The van der Waals surface area contributed by atoms with E-state index in [0.29, 0.717) is 25.0 Å². The molecule has 2 aromatic carbocycles. The Hall–Kier alpha value is -3.20. The highest BCUT2D eigenvalue weighted by Gasteiger charge is 2.61. The fraction of sp³-hybridized carbons (Fsp3) is 0.441. The summed E-state index contributed by atoms with van der Waals surface area (Å²) >= 11 is 0. The number of ketones is 1. The third kappa shape index (κ3) is 4.44. The Bertz CT molecular complexity index is 1430. The van der Waals surface area contributed by atoms with Crippen molar-refractivity contribution in [3.63, 3.8) is 0 Å². The zero-order valence-corrected chi connectivity index (χ0v) is 23.0. The number of benzene rings is 2. The van der Waals surface area contributed by atoms with E-state index >= 15 is 0 Å². The monoisotopic (exact) mass is 525 g/mol. The van der Waals surface area contributed by atoms with Gasteiger partial charge in [-0.2, -0.15) is 0 Å². The van der Waals surface area contributed by atoms with Gasteiger partial charge in [-0.05, 0) is 103 Å². The van der Waals surface area contributed by atoms with Crippen LogP contribution < -0.4 is 4.90 Å². The van der Waals surface area contributed by atoms with Crippen molar-refractivity contribution in [3.8, 4) is 11.8 Å². The van der Waals surface area contributed by atoms with Gasteiger partial charge in [0.25, 0.3) is 0 Å². The van der Waals surface area contributed by atoms with Gasteiger partial charge in [0, 0.05) is 37.2 Å². The normalized spacial score (nSPS) is 31.8. The van der Waals surface area contributed by atoms with Crippen molar-refractivity contribution in [1.82, 2.24) is 0 Å². The Morgan fingerprint density at radius 2 is 1.87 bits per heavy atom. The van der Waals surface area contributed by atoms with Gasteiger partial charge in [0.15, 0.2) is 5.78 Å². The summed E-state index contributed by atoms with van der Waals surface area (Å²) in [5.74, 6) is 6.56. The molecular formula is C34H36FNO3. The van der Waals surface area contributed by atoms with Crippen LogP contribution in [0.4, 0.5) is 10.1 Å². The molecule has 0 amide bonds. The third-order valence-electron chi connectivity index (χ3n) is 9.67. The number of anilines is 1. The molecule has 1 saturated heterocycles. The van der Waals surface area contributed by atoms with Crippen molar-refractivity contribution in [2.24, 2.45) is 17.3 Å². The Kier molecular flexibility index (Phi) is 6.52. The Morgan fingerprint density at radius 3 is 2.62 bits per heavy atom. The quantitative estimate of drug-likeness (QED) is 0.478. The minimum Gasteiger partial charge on any atom is -0.378 e. The van der Waals surface area contributed by atoms with Crippen LogP contribution in [0, 0.1) is 34.9 Å². The number of fused-ring (bicyclic) bond motifs is 4. The first-order valence-corrected chi connectivity index (χ1v) is 14.1. The first kappa shape index (κ1) is 26.0. The van der Waals surface area contributed by atoms with Crippen LogP contribution in [0.15, 0.2) is 71.3 Å². The smallest absolute Gasteiger partial charge is 0.156 e. The molecule has 6 rings (SSSR count). The number of carbonyl (C=O) groups excluding carboxylic acids is 1. The number of aliphatic hydroxyl groups is 1. The van der Waals surface area contributed by atoms with Crippen LogP contribution in [0.1, 0.15) is 62.7 Å². The number of allylic oxidation sites excluding steroid dienone is 3. The highest BCUT2D eigenvalue weighted by molar-refractivity contribution is 5.93. The first-order chi connectivity index (χ1) is 18.7. The zero-order chi connectivity index (χ0) is 27.4. The number of halogens is 1. The second-order valence-corrected chi connectivity index (χ2v) is 12.1. The van der Waals surface area contributed by atoms with Crippen LogP contribution in [-0.2, 0) is 9.53 Å². The van der Waals surface area contributed by atoms with E-state index in [1.165, 1.54) is 28.9 Å². The Morgan fingerprint density at radius 1 is 1.08 bits per heavy atom. The van der Waals surface area contributed by atoms with Gasteiger partial charge in [-0.15, -0.1) is 0 Å². The zero-order valence-electron chi connectivity index (χ0n) is 23.0. The maximum Gasteiger partial charge on any atom is 0.156 e. The highest BCUT2D eigenvalue weighted by Crippen LogP contribution is 2.61. The fourth-order valence-corrected chi connectivity index (χ4v) is 7.44. The van der Waals surface area contributed by atoms with Crippen molar-refractivity contribution in [1.29, 1.82) is 0 Å². The van der Waals surface area contributed by atoms with Crippen LogP contribution in [0.2, 0.25) is 0 Å². The van der Waals surface area contributed by atoms with Gasteiger partial charge in [-0.25, -0.2) is 4.39 Å². The van der Waals surface area contributed by atoms with Crippen molar-refractivity contribution in [2.45, 2.75) is 57.2 Å². The van der Waals surface area contributed by atoms with Gasteiger partial charge in [0.2, 0.25) is 0 Å². The maximum atomic E-state index is 13.8. The average Bonchev–Trinajstić information content (AvgIpc) is 3.09. The van der Waals surface area contributed by atoms with Crippen LogP contribution in [-0.4, -0.2) is 37.2 Å². The number of carbonyl (C=O) groups is 1. The largest absolute Gasteiger partial charge is 0.378 e. The second kappa shape index (κ2) is 9.77. The van der Waals surface area contributed by atoms with Crippen molar-refractivity contribution < 1.29 is 19.0 Å². The van der Waals surface area contributed by atoms with Crippen LogP contribution in [0.25, 0.3) is 0 Å². The minimum atomic E-state index is -1.25. The average molecular weight is 526 g/mol. The van der Waals surface area contributed by atoms with E-state index < -0.39 is 11.0 Å². The van der Waals surface area contributed by atoms with Gasteiger partial charge in [-0.1, -0.05) is 37.0 Å². The summed E-state index contributed by atoms with van der Waals surface area (Å²) in [5.41, 5.74) is 4.70. The van der Waals surface area contributed by atoms with E-state index in [4.69, 9.17) is 4.74 Å². The van der Waals surface area contributed by atoms with Crippen LogP contribution in [0.5, 0.6) is 0 Å². The fourth-order valence-electron chi connectivity index (χ4n) is 7.44. The van der Waals surface area contributed by atoms with Crippen molar-refractivity contribution in [3.05, 3.63) is 88.3 Å². The predicted octanol–water partition coefficient (Wildman–Crippen LogP) is 6.16. The van der Waals surface area contributed by atoms with E-state index in [1.54, 1.807) is 12.1 Å². The molecule has 1 aliphatic heterocycles. The third-order valence-corrected chi connectivity index (χ3v) is 9.67. The van der Waals surface area contributed by atoms with E-state index in [0.717, 1.165) is 36.9 Å². The van der Waals surface area contributed by atoms with E-state index in [-0.39, 0.29) is 29.5 Å². The van der Waals surface area contributed by atoms with E-state index in [1.807, 2.05) is 20.2 Å². The maximum absolute atomic E-state index is 13.8. The summed E-state index contributed by atoms with van der Waals surface area (Å²) in [6.45, 7) is 2.50. The number of nitrogens with zero attached hydrogens (tertiary/aromatic N) is 1. The molecule has 4 aliphatic rings. The molecule has 0 radical (unpaired) electrons. The van der Waals surface area contributed by atoms with Gasteiger partial charge in [0.05, 0.1) is 6.61 Å².